The van der Waals surface area contributed by atoms with E-state index in [4.69, 9.17) is 14.7 Å². The molecule has 0 aliphatic carbocycles. The molecule has 0 atom stereocenters. The Balaban J connectivity index is 1.42. The molecule has 0 N–H and O–H groups in total. The van der Waals surface area contributed by atoms with E-state index >= 15 is 0 Å². The Hall–Kier alpha value is -5.28. The molecule has 0 bridgehead atoms. The van der Waals surface area contributed by atoms with Gasteiger partial charge in [-0.15, -0.1) is 0 Å². The quantitative estimate of drug-likeness (QED) is 0.202. The Morgan fingerprint density at radius 3 is 1.27 bits per heavy atom. The summed E-state index contributed by atoms with van der Waals surface area (Å²) >= 11 is 0. The fourth-order valence-electron chi connectivity index (χ4n) is 4.65. The lowest BCUT2D eigenvalue weighted by atomic mass is 9.99. The first-order chi connectivity index (χ1) is 19.8. The zero-order valence-corrected chi connectivity index (χ0v) is 22.1. The molecule has 5 aromatic carbocycles. The molecule has 0 saturated heterocycles. The minimum absolute atomic E-state index is 0.496. The minimum Gasteiger partial charge on any atom is -0.489 e. The topological polar surface area (TPSA) is 35.0 Å². The molecule has 6 rings (SSSR count). The zero-order chi connectivity index (χ0) is 27.1. The second-order valence-electron chi connectivity index (χ2n) is 9.47. The summed E-state index contributed by atoms with van der Waals surface area (Å²) in [6, 6.07) is 47.1. The first kappa shape index (κ1) is 25.0. The predicted molar refractivity (Wildman–Crippen MR) is 165 cm³/mol. The first-order valence-electron chi connectivity index (χ1n) is 13.3. The van der Waals surface area contributed by atoms with Gasteiger partial charge in [-0.1, -0.05) is 128 Å². The van der Waals surface area contributed by atoms with Gasteiger partial charge in [0.05, 0.1) is 22.8 Å². The molecule has 0 unspecified atom stereocenters. The summed E-state index contributed by atoms with van der Waals surface area (Å²) in [5, 5.41) is 0. The van der Waals surface area contributed by atoms with E-state index in [-0.39, 0.29) is 0 Å². The van der Waals surface area contributed by atoms with E-state index in [0.717, 1.165) is 61.9 Å². The van der Waals surface area contributed by atoms with Crippen molar-refractivity contribution in [2.45, 2.75) is 6.61 Å². The summed E-state index contributed by atoms with van der Waals surface area (Å²) in [5.74, 6) is 0.801. The van der Waals surface area contributed by atoms with Crippen LogP contribution in [0.4, 0.5) is 0 Å². The van der Waals surface area contributed by atoms with Crippen LogP contribution in [0.3, 0.4) is 0 Å². The molecule has 1 aromatic heterocycles. The average Bonchev–Trinajstić information content (AvgIpc) is 3.05. The number of hydrogen-bond donors (Lipinski definition) is 0. The molecule has 3 heteroatoms. The van der Waals surface area contributed by atoms with Crippen molar-refractivity contribution >= 4 is 6.08 Å². The van der Waals surface area contributed by atoms with Crippen LogP contribution in [-0.4, -0.2) is 9.97 Å². The van der Waals surface area contributed by atoms with Crippen LogP contribution in [0.15, 0.2) is 146 Å². The molecular formula is C37H28N2O. The maximum Gasteiger partial charge on any atom is 0.119 e. The van der Waals surface area contributed by atoms with Gasteiger partial charge in [-0.25, -0.2) is 9.97 Å². The largest absolute Gasteiger partial charge is 0.489 e. The summed E-state index contributed by atoms with van der Waals surface area (Å²) in [6.45, 7) is 4.31. The van der Waals surface area contributed by atoms with Crippen molar-refractivity contribution in [1.29, 1.82) is 0 Å². The molecule has 0 saturated carbocycles. The Bertz CT molecular complexity index is 1710. The van der Waals surface area contributed by atoms with Gasteiger partial charge in [-0.05, 0) is 35.4 Å². The highest BCUT2D eigenvalue weighted by atomic mass is 16.5. The molecule has 0 fully saturated rings. The van der Waals surface area contributed by atoms with E-state index < -0.39 is 0 Å². The monoisotopic (exact) mass is 516 g/mol. The Morgan fingerprint density at radius 2 is 0.875 bits per heavy atom. The van der Waals surface area contributed by atoms with Gasteiger partial charge in [-0.2, -0.15) is 0 Å². The van der Waals surface area contributed by atoms with Crippen LogP contribution in [0, 0.1) is 0 Å². The summed E-state index contributed by atoms with van der Waals surface area (Å²) in [7, 11) is 0. The Morgan fingerprint density at radius 1 is 0.475 bits per heavy atom. The molecule has 40 heavy (non-hydrogen) atoms. The molecule has 0 aliphatic heterocycles. The van der Waals surface area contributed by atoms with Gasteiger partial charge in [0.25, 0.3) is 0 Å². The van der Waals surface area contributed by atoms with Crippen molar-refractivity contribution in [2.24, 2.45) is 0 Å². The summed E-state index contributed by atoms with van der Waals surface area (Å²) in [5.41, 5.74) is 9.64. The highest BCUT2D eigenvalue weighted by molar-refractivity contribution is 5.86. The van der Waals surface area contributed by atoms with Gasteiger partial charge in [0.2, 0.25) is 0 Å². The number of aromatic nitrogens is 2. The van der Waals surface area contributed by atoms with Crippen LogP contribution in [0.5, 0.6) is 5.75 Å². The number of ether oxygens (including phenoxy) is 1. The number of benzene rings is 5. The van der Waals surface area contributed by atoms with Crippen LogP contribution in [-0.2, 0) is 6.61 Å². The Labute approximate surface area is 235 Å². The third-order valence-electron chi connectivity index (χ3n) is 6.79. The molecule has 0 amide bonds. The van der Waals surface area contributed by atoms with Crippen LogP contribution in [0.2, 0.25) is 0 Å². The fraction of sp³-hybridized carbons (Fsp3) is 0.0270. The van der Waals surface area contributed by atoms with Crippen LogP contribution in [0.25, 0.3) is 51.1 Å². The van der Waals surface area contributed by atoms with Crippen molar-refractivity contribution < 1.29 is 4.74 Å². The van der Waals surface area contributed by atoms with Crippen molar-refractivity contribution in [2.75, 3.05) is 0 Å². The molecule has 192 valence electrons. The minimum atomic E-state index is 0.496. The SMILES string of the molecule is C=Cc1ccc(COc2ccc(-c3nc(-c4ccccc4)c(-c4ccccc4)nc3-c3ccccc3)cc2)cc1. The lowest BCUT2D eigenvalue weighted by Crippen LogP contribution is -2.01. The number of hydrogen-bond acceptors (Lipinski definition) is 3. The standard InChI is InChI=1S/C37H28N2O/c1-2-27-18-20-28(21-19-27)26-40-33-24-22-32(23-25-33)37-36(31-16-10-5-11-17-31)38-34(29-12-6-3-7-13-29)35(39-37)30-14-8-4-9-15-30/h2-25H,1,26H2. The van der Waals surface area contributed by atoms with Gasteiger partial charge >= 0.3 is 0 Å². The summed E-state index contributed by atoms with van der Waals surface area (Å²) < 4.78 is 6.08. The first-order valence-corrected chi connectivity index (χ1v) is 13.3. The third kappa shape index (κ3) is 5.45. The van der Waals surface area contributed by atoms with E-state index in [1.54, 1.807) is 0 Å². The summed E-state index contributed by atoms with van der Waals surface area (Å²) in [4.78, 5) is 10.6. The fourth-order valence-corrected chi connectivity index (χ4v) is 4.65. The molecule has 0 spiro atoms. The molecular weight excluding hydrogens is 488 g/mol. The third-order valence-corrected chi connectivity index (χ3v) is 6.79. The smallest absolute Gasteiger partial charge is 0.119 e. The summed E-state index contributed by atoms with van der Waals surface area (Å²) in [6.07, 6.45) is 1.84. The maximum atomic E-state index is 6.08. The predicted octanol–water partition coefficient (Wildman–Crippen LogP) is 9.37. The van der Waals surface area contributed by atoms with E-state index in [1.807, 2.05) is 84.9 Å². The van der Waals surface area contributed by atoms with E-state index in [2.05, 4.69) is 67.2 Å². The highest BCUT2D eigenvalue weighted by Crippen LogP contribution is 2.37. The lowest BCUT2D eigenvalue weighted by Gasteiger charge is -2.16. The maximum absolute atomic E-state index is 6.08. The molecule has 3 nitrogen and oxygen atoms in total. The van der Waals surface area contributed by atoms with E-state index in [1.165, 1.54) is 0 Å². The van der Waals surface area contributed by atoms with Gasteiger partial charge in [0.15, 0.2) is 0 Å². The molecule has 0 radical (unpaired) electrons. The molecule has 0 aliphatic rings. The van der Waals surface area contributed by atoms with Gasteiger partial charge in [-0.3, -0.25) is 0 Å². The number of nitrogens with zero attached hydrogens (tertiary/aromatic N) is 2. The average molecular weight is 517 g/mol. The Kier molecular flexibility index (Phi) is 7.27. The van der Waals surface area contributed by atoms with Crippen molar-refractivity contribution in [3.05, 3.63) is 157 Å². The van der Waals surface area contributed by atoms with Crippen LogP contribution >= 0.6 is 0 Å². The molecule has 1 heterocycles. The zero-order valence-electron chi connectivity index (χ0n) is 22.1. The van der Waals surface area contributed by atoms with E-state index in [9.17, 15) is 0 Å². The lowest BCUT2D eigenvalue weighted by molar-refractivity contribution is 0.306. The van der Waals surface area contributed by atoms with Gasteiger partial charge < -0.3 is 4.74 Å². The molecule has 6 aromatic rings. The second kappa shape index (κ2) is 11.6. The van der Waals surface area contributed by atoms with Gasteiger partial charge in [0.1, 0.15) is 12.4 Å². The van der Waals surface area contributed by atoms with Crippen molar-refractivity contribution in [1.82, 2.24) is 9.97 Å². The highest BCUT2D eigenvalue weighted by Gasteiger charge is 2.19. The second-order valence-corrected chi connectivity index (χ2v) is 9.47. The van der Waals surface area contributed by atoms with Crippen molar-refractivity contribution in [3.8, 4) is 50.8 Å². The van der Waals surface area contributed by atoms with Crippen LogP contribution in [0.1, 0.15) is 11.1 Å². The van der Waals surface area contributed by atoms with E-state index in [0.29, 0.717) is 6.61 Å². The number of rotatable bonds is 8. The normalized spacial score (nSPS) is 10.7. The van der Waals surface area contributed by atoms with Crippen LogP contribution < -0.4 is 4.74 Å². The van der Waals surface area contributed by atoms with Gasteiger partial charge in [0, 0.05) is 22.3 Å². The van der Waals surface area contributed by atoms with Crippen molar-refractivity contribution in [3.63, 3.8) is 0 Å².